The Labute approximate surface area is 267 Å². The van der Waals surface area contributed by atoms with E-state index >= 15 is 0 Å². The van der Waals surface area contributed by atoms with E-state index in [2.05, 4.69) is 21.3 Å². The van der Waals surface area contributed by atoms with Crippen LogP contribution in [0.2, 0.25) is 0 Å². The van der Waals surface area contributed by atoms with E-state index in [0.29, 0.717) is 50.9 Å². The van der Waals surface area contributed by atoms with Crippen molar-refractivity contribution in [1.29, 1.82) is 0 Å². The Morgan fingerprint density at radius 2 is 1.52 bits per heavy atom. The number of piperidine rings is 1. The van der Waals surface area contributed by atoms with Gasteiger partial charge >= 0.3 is 0 Å². The fourth-order valence-electron chi connectivity index (χ4n) is 6.67. The standard InChI is InChI=1S/C34H42F3N5O4/c35-26-9-7-23(8-10-26)32(46)42-18-15-33(16-19-42)21-30(44)38-17-3-6-28(40-27-11-13-34(36,37)14-12-27)31(45)39-22-25-5-2-1-4-24(25)20-29(43)41-33/h1-2,4-5,7-10,27-28,40H,3,6,11-22H2,(H,38,44)(H,39,45)(H,41,43)/t28-/m0/s1. The normalized spacial score (nSPS) is 23.2. The smallest absolute Gasteiger partial charge is 0.253 e. The topological polar surface area (TPSA) is 120 Å². The maximum atomic E-state index is 13.7. The number of carbonyl (C=O) groups excluding carboxylic acids is 4. The van der Waals surface area contributed by atoms with Crippen LogP contribution in [0.15, 0.2) is 48.5 Å². The number of likely N-dealkylation sites (tertiary alicyclic amines) is 1. The summed E-state index contributed by atoms with van der Waals surface area (Å²) in [5.41, 5.74) is 1.01. The van der Waals surface area contributed by atoms with E-state index in [0.717, 1.165) is 11.1 Å². The Hall–Kier alpha value is -3.93. The molecule has 2 aliphatic heterocycles. The number of alkyl halides is 2. The second-order valence-corrected chi connectivity index (χ2v) is 12.8. The molecule has 1 atom stereocenters. The lowest BCUT2D eigenvalue weighted by atomic mass is 9.83. The highest BCUT2D eigenvalue weighted by Crippen LogP contribution is 2.33. The highest BCUT2D eigenvalue weighted by molar-refractivity contribution is 5.94. The lowest BCUT2D eigenvalue weighted by molar-refractivity contribution is -0.126. The monoisotopic (exact) mass is 641 g/mol. The third-order valence-electron chi connectivity index (χ3n) is 9.39. The molecular formula is C34H42F3N5O4. The maximum absolute atomic E-state index is 13.7. The second-order valence-electron chi connectivity index (χ2n) is 12.8. The first-order valence-electron chi connectivity index (χ1n) is 16.1. The van der Waals surface area contributed by atoms with Crippen molar-refractivity contribution >= 4 is 23.6 Å². The van der Waals surface area contributed by atoms with Crippen LogP contribution in [0, 0.1) is 5.82 Å². The van der Waals surface area contributed by atoms with Crippen molar-refractivity contribution in [2.45, 2.75) is 94.3 Å². The summed E-state index contributed by atoms with van der Waals surface area (Å²) in [5, 5.41) is 12.3. The SMILES string of the molecule is O=C1CC2(CCN(C(=O)c3ccc(F)cc3)CC2)NC(=O)Cc2ccccc2CNC(=O)[C@@H](NC2CCC(F)(F)CC2)CCCN1. The van der Waals surface area contributed by atoms with Crippen LogP contribution >= 0.6 is 0 Å². The van der Waals surface area contributed by atoms with Crippen LogP contribution in [0.3, 0.4) is 0 Å². The molecule has 4 amide bonds. The van der Waals surface area contributed by atoms with Crippen LogP contribution in [0.25, 0.3) is 0 Å². The third-order valence-corrected chi connectivity index (χ3v) is 9.39. The Bertz CT molecular complexity index is 1400. The molecule has 2 fully saturated rings. The number of fused-ring (bicyclic) bond motifs is 1. The van der Waals surface area contributed by atoms with Gasteiger partial charge in [0.15, 0.2) is 0 Å². The van der Waals surface area contributed by atoms with Gasteiger partial charge in [-0.15, -0.1) is 0 Å². The first-order valence-corrected chi connectivity index (χ1v) is 16.1. The highest BCUT2D eigenvalue weighted by Gasteiger charge is 2.40. The number of halogens is 3. The van der Waals surface area contributed by atoms with Crippen LogP contribution in [0.5, 0.6) is 0 Å². The molecule has 5 rings (SSSR count). The molecule has 0 radical (unpaired) electrons. The molecule has 3 aliphatic rings. The van der Waals surface area contributed by atoms with Crippen molar-refractivity contribution in [3.8, 4) is 0 Å². The van der Waals surface area contributed by atoms with Crippen LogP contribution < -0.4 is 21.3 Å². The van der Waals surface area contributed by atoms with E-state index in [1.807, 2.05) is 24.3 Å². The minimum absolute atomic E-state index is 0.0252. The summed E-state index contributed by atoms with van der Waals surface area (Å²) in [6.07, 6.45) is 1.80. The van der Waals surface area contributed by atoms with Gasteiger partial charge < -0.3 is 26.2 Å². The largest absolute Gasteiger partial charge is 0.356 e. The number of carbonyl (C=O) groups is 4. The van der Waals surface area contributed by atoms with Gasteiger partial charge in [-0.2, -0.15) is 0 Å². The summed E-state index contributed by atoms with van der Waals surface area (Å²) < 4.78 is 40.9. The van der Waals surface area contributed by atoms with Gasteiger partial charge in [-0.05, 0) is 73.9 Å². The zero-order valence-electron chi connectivity index (χ0n) is 25.9. The highest BCUT2D eigenvalue weighted by atomic mass is 19.3. The Kier molecular flexibility index (Phi) is 10.7. The molecule has 2 aromatic rings. The summed E-state index contributed by atoms with van der Waals surface area (Å²) in [5.74, 6) is -4.12. The number of amides is 4. The summed E-state index contributed by atoms with van der Waals surface area (Å²) in [4.78, 5) is 54.7. The van der Waals surface area contributed by atoms with Gasteiger partial charge in [0.2, 0.25) is 23.6 Å². The van der Waals surface area contributed by atoms with E-state index in [4.69, 9.17) is 0 Å². The average Bonchev–Trinajstić information content (AvgIpc) is 3.02. The second kappa shape index (κ2) is 14.7. The quantitative estimate of drug-likeness (QED) is 0.409. The van der Waals surface area contributed by atoms with Crippen molar-refractivity contribution in [3.63, 3.8) is 0 Å². The van der Waals surface area contributed by atoms with Crippen LogP contribution in [0.4, 0.5) is 13.2 Å². The predicted octanol–water partition coefficient (Wildman–Crippen LogP) is 3.61. The van der Waals surface area contributed by atoms with Gasteiger partial charge in [0.25, 0.3) is 5.91 Å². The van der Waals surface area contributed by atoms with Gasteiger partial charge in [0, 0.05) is 57.0 Å². The zero-order valence-corrected chi connectivity index (χ0v) is 25.9. The molecule has 12 heteroatoms. The van der Waals surface area contributed by atoms with Gasteiger partial charge in [-0.25, -0.2) is 13.2 Å². The Morgan fingerprint density at radius 3 is 2.22 bits per heavy atom. The molecule has 0 unspecified atom stereocenters. The molecule has 0 bridgehead atoms. The zero-order chi connectivity index (χ0) is 32.7. The molecule has 248 valence electrons. The van der Waals surface area contributed by atoms with Gasteiger partial charge in [-0.1, -0.05) is 24.3 Å². The molecule has 0 aromatic heterocycles. The van der Waals surface area contributed by atoms with Gasteiger partial charge in [-0.3, -0.25) is 19.2 Å². The molecule has 2 aromatic carbocycles. The van der Waals surface area contributed by atoms with E-state index in [9.17, 15) is 32.3 Å². The summed E-state index contributed by atoms with van der Waals surface area (Å²) in [6, 6.07) is 11.9. The van der Waals surface area contributed by atoms with Crippen molar-refractivity contribution in [1.82, 2.24) is 26.2 Å². The average molecular weight is 642 g/mol. The lowest BCUT2D eigenvalue weighted by Gasteiger charge is -2.42. The van der Waals surface area contributed by atoms with Crippen LogP contribution in [-0.4, -0.2) is 71.7 Å². The molecule has 1 spiro atoms. The van der Waals surface area contributed by atoms with E-state index in [1.165, 1.54) is 24.3 Å². The maximum Gasteiger partial charge on any atom is 0.253 e. The van der Waals surface area contributed by atoms with E-state index < -0.39 is 23.3 Å². The minimum atomic E-state index is -2.67. The summed E-state index contributed by atoms with van der Waals surface area (Å²) in [6.45, 7) is 1.13. The van der Waals surface area contributed by atoms with Gasteiger partial charge in [0.05, 0.1) is 18.0 Å². The number of hydrogen-bond donors (Lipinski definition) is 4. The summed E-state index contributed by atoms with van der Waals surface area (Å²) >= 11 is 0. The minimum Gasteiger partial charge on any atom is -0.356 e. The molecule has 9 nitrogen and oxygen atoms in total. The van der Waals surface area contributed by atoms with Crippen molar-refractivity contribution < 1.29 is 32.3 Å². The fraction of sp³-hybridized carbons (Fsp3) is 0.529. The van der Waals surface area contributed by atoms with Crippen molar-refractivity contribution in [3.05, 3.63) is 71.0 Å². The predicted molar refractivity (Wildman–Crippen MR) is 165 cm³/mol. The number of rotatable bonds is 3. The number of benzene rings is 2. The molecular weight excluding hydrogens is 599 g/mol. The molecule has 2 heterocycles. The molecule has 46 heavy (non-hydrogen) atoms. The van der Waals surface area contributed by atoms with Crippen molar-refractivity contribution in [2.75, 3.05) is 19.6 Å². The van der Waals surface area contributed by atoms with Crippen molar-refractivity contribution in [2.24, 2.45) is 0 Å². The Morgan fingerprint density at radius 1 is 0.848 bits per heavy atom. The molecule has 1 aliphatic carbocycles. The van der Waals surface area contributed by atoms with E-state index in [-0.39, 0.29) is 74.7 Å². The number of nitrogens with zero attached hydrogens (tertiary/aromatic N) is 1. The van der Waals surface area contributed by atoms with Crippen LogP contribution in [0.1, 0.15) is 79.3 Å². The van der Waals surface area contributed by atoms with E-state index in [1.54, 1.807) is 4.90 Å². The Balaban J connectivity index is 1.29. The van der Waals surface area contributed by atoms with Crippen LogP contribution in [-0.2, 0) is 27.3 Å². The number of hydrogen-bond acceptors (Lipinski definition) is 5. The first-order chi connectivity index (χ1) is 22.0. The number of nitrogens with one attached hydrogen (secondary N) is 4. The van der Waals surface area contributed by atoms with Gasteiger partial charge in [0.1, 0.15) is 5.82 Å². The lowest BCUT2D eigenvalue weighted by Crippen LogP contribution is -2.58. The fourth-order valence-corrected chi connectivity index (χ4v) is 6.67. The molecule has 1 saturated heterocycles. The first kappa shape index (κ1) is 33.4. The summed E-state index contributed by atoms with van der Waals surface area (Å²) in [7, 11) is 0. The molecule has 1 saturated carbocycles. The molecule has 4 N–H and O–H groups in total. The third kappa shape index (κ3) is 8.86.